The molecule has 5 heteroatoms. The maximum absolute atomic E-state index is 11.9. The molecule has 0 aliphatic carbocycles. The van der Waals surface area contributed by atoms with E-state index in [0.29, 0.717) is 17.3 Å². The molecule has 1 aromatic carbocycles. The molecule has 1 heterocycles. The first-order chi connectivity index (χ1) is 8.06. The van der Waals surface area contributed by atoms with Crippen LogP contribution in [-0.4, -0.2) is 18.4 Å². The van der Waals surface area contributed by atoms with Gasteiger partial charge in [-0.15, -0.1) is 0 Å². The number of hydrogen-bond donors (Lipinski definition) is 2. The molecule has 17 heavy (non-hydrogen) atoms. The minimum Gasteiger partial charge on any atom is -0.355 e. The van der Waals surface area contributed by atoms with E-state index >= 15 is 0 Å². The molecule has 1 aromatic rings. The van der Waals surface area contributed by atoms with Crippen molar-refractivity contribution in [1.29, 1.82) is 0 Å². The standard InChI is InChI=1S/C12H13ClN2O2/c1-7-2-3-9(13)5-10(7)15-12(17)8-4-11(16)14-6-8/h2-3,5,8H,4,6H2,1H3,(H,14,16)(H,15,17). The molecule has 1 saturated heterocycles. The van der Waals surface area contributed by atoms with Gasteiger partial charge in [-0.05, 0) is 24.6 Å². The molecule has 90 valence electrons. The lowest BCUT2D eigenvalue weighted by Gasteiger charge is -2.11. The average molecular weight is 253 g/mol. The number of nitrogens with one attached hydrogen (secondary N) is 2. The van der Waals surface area contributed by atoms with Crippen LogP contribution in [0.4, 0.5) is 5.69 Å². The van der Waals surface area contributed by atoms with Crippen molar-refractivity contribution in [3.05, 3.63) is 28.8 Å². The molecule has 2 amide bonds. The third-order valence-corrected chi connectivity index (χ3v) is 3.04. The van der Waals surface area contributed by atoms with Crippen molar-refractivity contribution in [1.82, 2.24) is 5.32 Å². The zero-order chi connectivity index (χ0) is 12.4. The van der Waals surface area contributed by atoms with Gasteiger partial charge in [-0.25, -0.2) is 0 Å². The lowest BCUT2D eigenvalue weighted by Crippen LogP contribution is -2.25. The average Bonchev–Trinajstić information content (AvgIpc) is 2.70. The number of carbonyl (C=O) groups excluding carboxylic acids is 2. The van der Waals surface area contributed by atoms with Crippen molar-refractivity contribution < 1.29 is 9.59 Å². The summed E-state index contributed by atoms with van der Waals surface area (Å²) in [7, 11) is 0. The van der Waals surface area contributed by atoms with Crippen LogP contribution in [0.15, 0.2) is 18.2 Å². The Morgan fingerprint density at radius 3 is 2.94 bits per heavy atom. The van der Waals surface area contributed by atoms with E-state index in [1.165, 1.54) is 0 Å². The van der Waals surface area contributed by atoms with Gasteiger partial charge in [0, 0.05) is 23.7 Å². The molecule has 0 bridgehead atoms. The lowest BCUT2D eigenvalue weighted by molar-refractivity contribution is -0.123. The fraction of sp³-hybridized carbons (Fsp3) is 0.333. The van der Waals surface area contributed by atoms with Crippen LogP contribution in [0.3, 0.4) is 0 Å². The van der Waals surface area contributed by atoms with Gasteiger partial charge in [0.2, 0.25) is 11.8 Å². The van der Waals surface area contributed by atoms with E-state index in [1.54, 1.807) is 12.1 Å². The number of benzene rings is 1. The van der Waals surface area contributed by atoms with Crippen LogP contribution in [0.1, 0.15) is 12.0 Å². The summed E-state index contributed by atoms with van der Waals surface area (Å²) in [6, 6.07) is 5.32. The monoisotopic (exact) mass is 252 g/mol. The number of hydrogen-bond acceptors (Lipinski definition) is 2. The first-order valence-electron chi connectivity index (χ1n) is 5.40. The van der Waals surface area contributed by atoms with Gasteiger partial charge in [-0.2, -0.15) is 0 Å². The van der Waals surface area contributed by atoms with E-state index in [9.17, 15) is 9.59 Å². The Bertz CT molecular complexity index is 474. The second-order valence-electron chi connectivity index (χ2n) is 4.15. The number of carbonyl (C=O) groups is 2. The molecule has 2 N–H and O–H groups in total. The van der Waals surface area contributed by atoms with E-state index in [-0.39, 0.29) is 24.2 Å². The van der Waals surface area contributed by atoms with Gasteiger partial charge in [0.25, 0.3) is 0 Å². The van der Waals surface area contributed by atoms with Crippen LogP contribution in [0.25, 0.3) is 0 Å². The highest BCUT2D eigenvalue weighted by Gasteiger charge is 2.28. The van der Waals surface area contributed by atoms with Crippen molar-refractivity contribution in [3.8, 4) is 0 Å². The van der Waals surface area contributed by atoms with E-state index in [0.717, 1.165) is 5.56 Å². The Kier molecular flexibility index (Phi) is 3.33. The normalized spacial score (nSPS) is 18.9. The fourth-order valence-corrected chi connectivity index (χ4v) is 1.93. The topological polar surface area (TPSA) is 58.2 Å². The molecule has 1 atom stereocenters. The van der Waals surface area contributed by atoms with E-state index in [4.69, 9.17) is 11.6 Å². The van der Waals surface area contributed by atoms with Gasteiger partial charge in [0.15, 0.2) is 0 Å². The minimum absolute atomic E-state index is 0.0760. The molecule has 1 unspecified atom stereocenters. The van der Waals surface area contributed by atoms with Gasteiger partial charge < -0.3 is 10.6 Å². The second-order valence-corrected chi connectivity index (χ2v) is 4.59. The number of amides is 2. The predicted molar refractivity (Wildman–Crippen MR) is 65.9 cm³/mol. The Hall–Kier alpha value is -1.55. The van der Waals surface area contributed by atoms with E-state index in [1.807, 2.05) is 13.0 Å². The third-order valence-electron chi connectivity index (χ3n) is 2.81. The van der Waals surface area contributed by atoms with Crippen LogP contribution in [0.2, 0.25) is 5.02 Å². The molecule has 0 radical (unpaired) electrons. The SMILES string of the molecule is Cc1ccc(Cl)cc1NC(=O)C1CNC(=O)C1. The van der Waals surface area contributed by atoms with Crippen molar-refractivity contribution in [2.24, 2.45) is 5.92 Å². The smallest absolute Gasteiger partial charge is 0.229 e. The molecule has 2 rings (SSSR count). The summed E-state index contributed by atoms with van der Waals surface area (Å²) in [5.41, 5.74) is 1.64. The number of halogens is 1. The summed E-state index contributed by atoms with van der Waals surface area (Å²) < 4.78 is 0. The quantitative estimate of drug-likeness (QED) is 0.842. The maximum atomic E-state index is 11.9. The van der Waals surface area contributed by atoms with Crippen molar-refractivity contribution in [2.75, 3.05) is 11.9 Å². The Balaban J connectivity index is 2.07. The van der Waals surface area contributed by atoms with Crippen molar-refractivity contribution in [2.45, 2.75) is 13.3 Å². The number of rotatable bonds is 2. The minimum atomic E-state index is -0.291. The van der Waals surface area contributed by atoms with Gasteiger partial charge >= 0.3 is 0 Å². The van der Waals surface area contributed by atoms with Gasteiger partial charge in [-0.1, -0.05) is 17.7 Å². The zero-order valence-electron chi connectivity index (χ0n) is 9.42. The van der Waals surface area contributed by atoms with E-state index < -0.39 is 0 Å². The number of anilines is 1. The summed E-state index contributed by atoms with van der Waals surface area (Å²) >= 11 is 5.87. The molecule has 0 spiro atoms. The molecule has 1 fully saturated rings. The summed E-state index contributed by atoms with van der Waals surface area (Å²) in [4.78, 5) is 22.9. The highest BCUT2D eigenvalue weighted by atomic mass is 35.5. The van der Waals surface area contributed by atoms with Crippen LogP contribution in [-0.2, 0) is 9.59 Å². The first kappa shape index (κ1) is 11.9. The molecular weight excluding hydrogens is 240 g/mol. The van der Waals surface area contributed by atoms with Crippen LogP contribution in [0.5, 0.6) is 0 Å². The van der Waals surface area contributed by atoms with Gasteiger partial charge in [0.1, 0.15) is 0 Å². The van der Waals surface area contributed by atoms with Gasteiger partial charge in [-0.3, -0.25) is 9.59 Å². The summed E-state index contributed by atoms with van der Waals surface area (Å²) in [5.74, 6) is -0.512. The molecule has 0 saturated carbocycles. The highest BCUT2D eigenvalue weighted by Crippen LogP contribution is 2.21. The predicted octanol–water partition coefficient (Wildman–Crippen LogP) is 1.72. The van der Waals surface area contributed by atoms with Crippen LogP contribution < -0.4 is 10.6 Å². The van der Waals surface area contributed by atoms with Gasteiger partial charge in [0.05, 0.1) is 5.92 Å². The summed E-state index contributed by atoms with van der Waals surface area (Å²) in [6.45, 7) is 2.30. The lowest BCUT2D eigenvalue weighted by atomic mass is 10.1. The Morgan fingerprint density at radius 2 is 2.29 bits per heavy atom. The molecule has 4 nitrogen and oxygen atoms in total. The zero-order valence-corrected chi connectivity index (χ0v) is 10.2. The number of aryl methyl sites for hydroxylation is 1. The van der Waals surface area contributed by atoms with Crippen LogP contribution in [0, 0.1) is 12.8 Å². The maximum Gasteiger partial charge on any atom is 0.229 e. The van der Waals surface area contributed by atoms with E-state index in [2.05, 4.69) is 10.6 Å². The van der Waals surface area contributed by atoms with Crippen molar-refractivity contribution in [3.63, 3.8) is 0 Å². The van der Waals surface area contributed by atoms with Crippen LogP contribution >= 0.6 is 11.6 Å². The highest BCUT2D eigenvalue weighted by molar-refractivity contribution is 6.31. The molecule has 1 aliphatic rings. The first-order valence-corrected chi connectivity index (χ1v) is 5.78. The molecular formula is C12H13ClN2O2. The Morgan fingerprint density at radius 1 is 1.53 bits per heavy atom. The summed E-state index contributed by atoms with van der Waals surface area (Å²) in [5, 5.41) is 6.01. The molecule has 1 aliphatic heterocycles. The fourth-order valence-electron chi connectivity index (χ4n) is 1.75. The molecule has 0 aromatic heterocycles. The Labute approximate surface area is 104 Å². The second kappa shape index (κ2) is 4.75. The third kappa shape index (κ3) is 2.77. The largest absolute Gasteiger partial charge is 0.355 e. The summed E-state index contributed by atoms with van der Waals surface area (Å²) in [6.07, 6.45) is 0.255. The van der Waals surface area contributed by atoms with Crippen molar-refractivity contribution >= 4 is 29.1 Å².